The highest BCUT2D eigenvalue weighted by Gasteiger charge is 2.28. The lowest BCUT2D eigenvalue weighted by atomic mass is 9.85. The first kappa shape index (κ1) is 15.1. The molecule has 1 fully saturated rings. The van der Waals surface area contributed by atoms with Crippen molar-refractivity contribution in [1.29, 1.82) is 0 Å². The van der Waals surface area contributed by atoms with Gasteiger partial charge in [-0.3, -0.25) is 4.79 Å². The summed E-state index contributed by atoms with van der Waals surface area (Å²) < 4.78 is 18.4. The molecule has 0 saturated heterocycles. The van der Waals surface area contributed by atoms with E-state index < -0.39 is 0 Å². The lowest BCUT2D eigenvalue weighted by molar-refractivity contribution is -0.149. The Morgan fingerprint density at radius 1 is 1.45 bits per heavy atom. The molecule has 2 unspecified atom stereocenters. The molecule has 1 aromatic carbocycles. The molecule has 0 aromatic heterocycles. The van der Waals surface area contributed by atoms with Crippen molar-refractivity contribution in [3.8, 4) is 0 Å². The van der Waals surface area contributed by atoms with Crippen LogP contribution in [-0.4, -0.2) is 18.6 Å². The smallest absolute Gasteiger partial charge is 0.308 e. The van der Waals surface area contributed by atoms with Gasteiger partial charge >= 0.3 is 5.97 Å². The number of anilines is 1. The summed E-state index contributed by atoms with van der Waals surface area (Å²) in [5.41, 5.74) is 0.657. The van der Waals surface area contributed by atoms with Crippen molar-refractivity contribution in [3.63, 3.8) is 0 Å². The van der Waals surface area contributed by atoms with Gasteiger partial charge in [-0.25, -0.2) is 4.39 Å². The van der Waals surface area contributed by atoms with Gasteiger partial charge in [0.15, 0.2) is 0 Å². The molecule has 20 heavy (non-hydrogen) atoms. The van der Waals surface area contributed by atoms with Crippen LogP contribution in [0.3, 0.4) is 0 Å². The van der Waals surface area contributed by atoms with E-state index in [0.29, 0.717) is 23.7 Å². The second kappa shape index (κ2) is 6.93. The molecular weight excluding hydrogens is 281 g/mol. The summed E-state index contributed by atoms with van der Waals surface area (Å²) in [6.45, 7) is 2.22. The number of hydrogen-bond acceptors (Lipinski definition) is 3. The maximum atomic E-state index is 13.3. The number of carbonyl (C=O) groups is 1. The Hall–Kier alpha value is -1.29. The predicted octanol–water partition coefficient (Wildman–Crippen LogP) is 4.01. The fraction of sp³-hybridized carbons (Fsp3) is 0.533. The van der Waals surface area contributed by atoms with Crippen LogP contribution in [0.25, 0.3) is 0 Å². The topological polar surface area (TPSA) is 38.3 Å². The third-order valence-corrected chi connectivity index (χ3v) is 3.75. The van der Waals surface area contributed by atoms with E-state index in [-0.39, 0.29) is 23.7 Å². The highest BCUT2D eigenvalue weighted by molar-refractivity contribution is 6.30. The molecule has 1 saturated carbocycles. The first-order valence-electron chi connectivity index (χ1n) is 6.97. The summed E-state index contributed by atoms with van der Waals surface area (Å²) in [5, 5.41) is 3.62. The van der Waals surface area contributed by atoms with Crippen LogP contribution in [0, 0.1) is 11.7 Å². The third-order valence-electron chi connectivity index (χ3n) is 3.53. The lowest BCUT2D eigenvalue weighted by Crippen LogP contribution is -2.32. The Morgan fingerprint density at radius 2 is 2.25 bits per heavy atom. The lowest BCUT2D eigenvalue weighted by Gasteiger charge is -2.29. The van der Waals surface area contributed by atoms with Gasteiger partial charge in [-0.05, 0) is 44.4 Å². The fourth-order valence-corrected chi connectivity index (χ4v) is 2.89. The van der Waals surface area contributed by atoms with Gasteiger partial charge < -0.3 is 10.1 Å². The molecule has 3 nitrogen and oxygen atoms in total. The van der Waals surface area contributed by atoms with Gasteiger partial charge in [0.1, 0.15) is 5.82 Å². The predicted molar refractivity (Wildman–Crippen MR) is 77.4 cm³/mol. The summed E-state index contributed by atoms with van der Waals surface area (Å²) in [6.07, 6.45) is 3.50. The summed E-state index contributed by atoms with van der Waals surface area (Å²) in [7, 11) is 0. The quantitative estimate of drug-likeness (QED) is 0.854. The minimum absolute atomic E-state index is 0.0646. The molecule has 0 aliphatic heterocycles. The van der Waals surface area contributed by atoms with Crippen LogP contribution in [-0.2, 0) is 9.53 Å². The van der Waals surface area contributed by atoms with Crippen LogP contribution in [0.4, 0.5) is 10.1 Å². The maximum absolute atomic E-state index is 13.3. The number of rotatable bonds is 4. The van der Waals surface area contributed by atoms with E-state index in [1.807, 2.05) is 6.92 Å². The monoisotopic (exact) mass is 299 g/mol. The number of ether oxygens (including phenoxy) is 1. The van der Waals surface area contributed by atoms with Crippen molar-refractivity contribution in [2.45, 2.75) is 38.6 Å². The van der Waals surface area contributed by atoms with Crippen LogP contribution in [0.15, 0.2) is 18.2 Å². The molecule has 0 radical (unpaired) electrons. The molecule has 2 atom stereocenters. The van der Waals surface area contributed by atoms with E-state index in [2.05, 4.69) is 5.32 Å². The van der Waals surface area contributed by atoms with Gasteiger partial charge in [-0.1, -0.05) is 18.0 Å². The van der Waals surface area contributed by atoms with Gasteiger partial charge in [-0.15, -0.1) is 0 Å². The van der Waals surface area contributed by atoms with Crippen molar-refractivity contribution in [2.75, 3.05) is 11.9 Å². The first-order chi connectivity index (χ1) is 9.58. The highest BCUT2D eigenvalue weighted by Crippen LogP contribution is 2.28. The molecule has 1 N–H and O–H groups in total. The molecule has 110 valence electrons. The summed E-state index contributed by atoms with van der Waals surface area (Å²) in [4.78, 5) is 11.8. The molecular formula is C15H19ClFNO2. The average molecular weight is 300 g/mol. The Balaban J connectivity index is 1.97. The molecule has 0 bridgehead atoms. The van der Waals surface area contributed by atoms with Gasteiger partial charge in [0.25, 0.3) is 0 Å². The molecule has 1 aromatic rings. The zero-order valence-corrected chi connectivity index (χ0v) is 12.3. The molecule has 0 amide bonds. The van der Waals surface area contributed by atoms with Crippen LogP contribution < -0.4 is 5.32 Å². The zero-order valence-electron chi connectivity index (χ0n) is 11.5. The van der Waals surface area contributed by atoms with E-state index >= 15 is 0 Å². The van der Waals surface area contributed by atoms with Crippen molar-refractivity contribution >= 4 is 23.3 Å². The first-order valence-corrected chi connectivity index (χ1v) is 7.35. The Morgan fingerprint density at radius 3 is 2.95 bits per heavy atom. The van der Waals surface area contributed by atoms with Crippen LogP contribution in [0.2, 0.25) is 5.02 Å². The van der Waals surface area contributed by atoms with E-state index in [9.17, 15) is 9.18 Å². The third kappa shape index (κ3) is 4.10. The maximum Gasteiger partial charge on any atom is 0.308 e. The van der Waals surface area contributed by atoms with Gasteiger partial charge in [0.05, 0.1) is 12.5 Å². The molecule has 2 rings (SSSR count). The highest BCUT2D eigenvalue weighted by atomic mass is 35.5. The molecule has 0 spiro atoms. The number of nitrogens with one attached hydrogen (secondary N) is 1. The fourth-order valence-electron chi connectivity index (χ4n) is 2.67. The van der Waals surface area contributed by atoms with E-state index in [0.717, 1.165) is 19.3 Å². The van der Waals surface area contributed by atoms with Gasteiger partial charge in [0.2, 0.25) is 0 Å². The second-order valence-corrected chi connectivity index (χ2v) is 5.55. The van der Waals surface area contributed by atoms with Crippen molar-refractivity contribution < 1.29 is 13.9 Å². The Kier molecular flexibility index (Phi) is 5.24. The number of halogens is 2. The summed E-state index contributed by atoms with van der Waals surface area (Å²) >= 11 is 5.83. The number of benzene rings is 1. The Labute approximate surface area is 123 Å². The van der Waals surface area contributed by atoms with E-state index in [1.165, 1.54) is 12.1 Å². The molecule has 1 aliphatic carbocycles. The largest absolute Gasteiger partial charge is 0.466 e. The molecule has 1 aliphatic rings. The number of esters is 1. The van der Waals surface area contributed by atoms with Crippen LogP contribution >= 0.6 is 11.6 Å². The standard InChI is InChI=1S/C15H19ClFNO2/c1-2-20-15(19)10-4-3-5-13(6-10)18-14-8-11(16)7-12(17)9-14/h7-10,13,18H,2-6H2,1H3. The zero-order chi connectivity index (χ0) is 14.5. The van der Waals surface area contributed by atoms with E-state index in [1.54, 1.807) is 6.07 Å². The van der Waals surface area contributed by atoms with Crippen molar-refractivity contribution in [1.82, 2.24) is 0 Å². The molecule has 0 heterocycles. The minimum Gasteiger partial charge on any atom is -0.466 e. The average Bonchev–Trinajstić information content (AvgIpc) is 2.38. The van der Waals surface area contributed by atoms with Gasteiger partial charge in [0, 0.05) is 16.8 Å². The number of carbonyl (C=O) groups excluding carboxylic acids is 1. The van der Waals surface area contributed by atoms with Crippen molar-refractivity contribution in [2.24, 2.45) is 5.92 Å². The van der Waals surface area contributed by atoms with Crippen LogP contribution in [0.5, 0.6) is 0 Å². The van der Waals surface area contributed by atoms with E-state index in [4.69, 9.17) is 16.3 Å². The normalized spacial score (nSPS) is 22.4. The summed E-state index contributed by atoms with van der Waals surface area (Å²) in [5.74, 6) is -0.556. The van der Waals surface area contributed by atoms with Crippen molar-refractivity contribution in [3.05, 3.63) is 29.0 Å². The molecule has 5 heteroatoms. The SMILES string of the molecule is CCOC(=O)C1CCCC(Nc2cc(F)cc(Cl)c2)C1. The summed E-state index contributed by atoms with van der Waals surface area (Å²) in [6, 6.07) is 4.53. The van der Waals surface area contributed by atoms with Crippen LogP contribution in [0.1, 0.15) is 32.6 Å². The second-order valence-electron chi connectivity index (χ2n) is 5.11. The number of hydrogen-bond donors (Lipinski definition) is 1. The minimum atomic E-state index is -0.363. The van der Waals surface area contributed by atoms with Gasteiger partial charge in [-0.2, -0.15) is 0 Å². The Bertz CT molecular complexity index is 461.